The van der Waals surface area contributed by atoms with Crippen LogP contribution in [0.3, 0.4) is 0 Å². The zero-order valence-corrected chi connectivity index (χ0v) is 9.47. The molecule has 1 aromatic carbocycles. The molecular weight excluding hydrogens is 230 g/mol. The Kier molecular flexibility index (Phi) is 3.90. The highest BCUT2D eigenvalue weighted by molar-refractivity contribution is 9.10. The van der Waals surface area contributed by atoms with Gasteiger partial charge in [-0.1, -0.05) is 22.0 Å². The summed E-state index contributed by atoms with van der Waals surface area (Å²) in [6.45, 7) is 2.59. The number of hydrogen-bond acceptors (Lipinski definition) is 2. The van der Waals surface area contributed by atoms with Crippen molar-refractivity contribution in [2.24, 2.45) is 5.73 Å². The molecule has 0 amide bonds. The molecule has 1 rings (SSSR count). The average molecular weight is 244 g/mol. The van der Waals surface area contributed by atoms with E-state index in [9.17, 15) is 0 Å². The SMILES string of the molecule is COCc1ccc(Br)cc1C(C)N. The molecule has 0 spiro atoms. The number of methoxy groups -OCH3 is 1. The molecule has 0 saturated carbocycles. The van der Waals surface area contributed by atoms with Crippen molar-refractivity contribution >= 4 is 15.9 Å². The minimum atomic E-state index is 0.0441. The summed E-state index contributed by atoms with van der Waals surface area (Å²) in [6, 6.07) is 6.12. The Labute approximate surface area is 87.2 Å². The van der Waals surface area contributed by atoms with Gasteiger partial charge in [-0.15, -0.1) is 0 Å². The number of benzene rings is 1. The van der Waals surface area contributed by atoms with Crippen molar-refractivity contribution in [1.82, 2.24) is 0 Å². The lowest BCUT2D eigenvalue weighted by Crippen LogP contribution is -2.08. The van der Waals surface area contributed by atoms with Crippen LogP contribution in [0.2, 0.25) is 0 Å². The van der Waals surface area contributed by atoms with Crippen molar-refractivity contribution in [2.75, 3.05) is 7.11 Å². The van der Waals surface area contributed by atoms with Crippen LogP contribution in [-0.2, 0) is 11.3 Å². The Hall–Kier alpha value is -0.380. The van der Waals surface area contributed by atoms with Gasteiger partial charge >= 0.3 is 0 Å². The van der Waals surface area contributed by atoms with Gasteiger partial charge in [-0.05, 0) is 30.2 Å². The van der Waals surface area contributed by atoms with Crippen molar-refractivity contribution in [1.29, 1.82) is 0 Å². The van der Waals surface area contributed by atoms with Crippen LogP contribution in [-0.4, -0.2) is 7.11 Å². The molecule has 0 aliphatic heterocycles. The summed E-state index contributed by atoms with van der Waals surface area (Å²) < 4.78 is 6.14. The Morgan fingerprint density at radius 3 is 2.77 bits per heavy atom. The smallest absolute Gasteiger partial charge is 0.0716 e. The van der Waals surface area contributed by atoms with Crippen LogP contribution in [0.5, 0.6) is 0 Å². The second-order valence-corrected chi connectivity index (χ2v) is 3.98. The number of ether oxygens (including phenoxy) is 1. The summed E-state index contributed by atoms with van der Waals surface area (Å²) in [4.78, 5) is 0. The Morgan fingerprint density at radius 2 is 2.23 bits per heavy atom. The van der Waals surface area contributed by atoms with E-state index in [2.05, 4.69) is 15.9 Å². The van der Waals surface area contributed by atoms with Gasteiger partial charge in [-0.3, -0.25) is 0 Å². The van der Waals surface area contributed by atoms with Crippen molar-refractivity contribution in [3.8, 4) is 0 Å². The van der Waals surface area contributed by atoms with E-state index < -0.39 is 0 Å². The first-order valence-corrected chi connectivity index (χ1v) is 4.97. The maximum atomic E-state index is 5.84. The van der Waals surface area contributed by atoms with Gasteiger partial charge in [0.05, 0.1) is 6.61 Å². The van der Waals surface area contributed by atoms with Gasteiger partial charge in [0.25, 0.3) is 0 Å². The molecule has 0 bridgehead atoms. The predicted octanol–water partition coefficient (Wildman–Crippen LogP) is 2.62. The van der Waals surface area contributed by atoms with Gasteiger partial charge in [-0.25, -0.2) is 0 Å². The van der Waals surface area contributed by atoms with Gasteiger partial charge < -0.3 is 10.5 Å². The van der Waals surface area contributed by atoms with E-state index in [0.29, 0.717) is 6.61 Å². The number of hydrogen-bond donors (Lipinski definition) is 1. The normalized spacial score (nSPS) is 12.9. The van der Waals surface area contributed by atoms with Crippen LogP contribution >= 0.6 is 15.9 Å². The summed E-state index contributed by atoms with van der Waals surface area (Å²) >= 11 is 3.42. The zero-order valence-electron chi connectivity index (χ0n) is 7.88. The Balaban J connectivity index is 3.03. The molecule has 1 unspecified atom stereocenters. The molecule has 0 radical (unpaired) electrons. The maximum absolute atomic E-state index is 5.84. The molecule has 1 aromatic rings. The third-order valence-corrected chi connectivity index (χ3v) is 2.39. The fraction of sp³-hybridized carbons (Fsp3) is 0.400. The van der Waals surface area contributed by atoms with Crippen LogP contribution in [0.15, 0.2) is 22.7 Å². The number of halogens is 1. The summed E-state index contributed by atoms with van der Waals surface area (Å²) in [6.07, 6.45) is 0. The standard InChI is InChI=1S/C10H14BrNO/c1-7(12)10-5-9(11)4-3-8(10)6-13-2/h3-5,7H,6,12H2,1-2H3. The van der Waals surface area contributed by atoms with E-state index in [4.69, 9.17) is 10.5 Å². The minimum absolute atomic E-state index is 0.0441. The molecule has 0 fully saturated rings. The second kappa shape index (κ2) is 4.74. The first-order chi connectivity index (χ1) is 6.15. The lowest BCUT2D eigenvalue weighted by molar-refractivity contribution is 0.184. The van der Waals surface area contributed by atoms with Gasteiger partial charge in [0, 0.05) is 17.6 Å². The largest absolute Gasteiger partial charge is 0.380 e. The predicted molar refractivity (Wildman–Crippen MR) is 57.5 cm³/mol. The molecular formula is C10H14BrNO. The average Bonchev–Trinajstić information content (AvgIpc) is 2.08. The van der Waals surface area contributed by atoms with E-state index in [0.717, 1.165) is 15.6 Å². The highest BCUT2D eigenvalue weighted by Crippen LogP contribution is 2.21. The lowest BCUT2D eigenvalue weighted by atomic mass is 10.0. The monoisotopic (exact) mass is 243 g/mol. The number of rotatable bonds is 3. The molecule has 0 heterocycles. The van der Waals surface area contributed by atoms with Crippen molar-refractivity contribution < 1.29 is 4.74 Å². The molecule has 2 nitrogen and oxygen atoms in total. The topological polar surface area (TPSA) is 35.2 Å². The van der Waals surface area contributed by atoms with Crippen molar-refractivity contribution in [3.63, 3.8) is 0 Å². The van der Waals surface area contributed by atoms with E-state index in [1.54, 1.807) is 7.11 Å². The van der Waals surface area contributed by atoms with Crippen LogP contribution in [0.4, 0.5) is 0 Å². The molecule has 72 valence electrons. The van der Waals surface area contributed by atoms with E-state index in [-0.39, 0.29) is 6.04 Å². The molecule has 3 heteroatoms. The lowest BCUT2D eigenvalue weighted by Gasteiger charge is -2.12. The van der Waals surface area contributed by atoms with Crippen LogP contribution in [0, 0.1) is 0 Å². The summed E-state index contributed by atoms with van der Waals surface area (Å²) in [7, 11) is 1.69. The quantitative estimate of drug-likeness (QED) is 0.886. The van der Waals surface area contributed by atoms with Gasteiger partial charge in [-0.2, -0.15) is 0 Å². The molecule has 0 saturated heterocycles. The summed E-state index contributed by atoms with van der Waals surface area (Å²) in [5, 5.41) is 0. The third-order valence-electron chi connectivity index (χ3n) is 1.90. The van der Waals surface area contributed by atoms with Crippen LogP contribution in [0.25, 0.3) is 0 Å². The molecule has 2 N–H and O–H groups in total. The summed E-state index contributed by atoms with van der Waals surface area (Å²) in [5.41, 5.74) is 8.13. The Bertz CT molecular complexity index is 286. The van der Waals surface area contributed by atoms with Crippen molar-refractivity contribution in [3.05, 3.63) is 33.8 Å². The highest BCUT2D eigenvalue weighted by Gasteiger charge is 2.06. The molecule has 1 atom stereocenters. The molecule has 0 aliphatic carbocycles. The van der Waals surface area contributed by atoms with E-state index in [1.165, 1.54) is 0 Å². The second-order valence-electron chi connectivity index (χ2n) is 3.06. The zero-order chi connectivity index (χ0) is 9.84. The van der Waals surface area contributed by atoms with E-state index in [1.807, 2.05) is 25.1 Å². The summed E-state index contributed by atoms with van der Waals surface area (Å²) in [5.74, 6) is 0. The van der Waals surface area contributed by atoms with Crippen LogP contribution in [0.1, 0.15) is 24.1 Å². The first kappa shape index (κ1) is 10.7. The van der Waals surface area contributed by atoms with Gasteiger partial charge in [0.1, 0.15) is 0 Å². The van der Waals surface area contributed by atoms with E-state index >= 15 is 0 Å². The van der Waals surface area contributed by atoms with Crippen LogP contribution < -0.4 is 5.73 Å². The first-order valence-electron chi connectivity index (χ1n) is 4.18. The fourth-order valence-electron chi connectivity index (χ4n) is 1.28. The Morgan fingerprint density at radius 1 is 1.54 bits per heavy atom. The highest BCUT2D eigenvalue weighted by atomic mass is 79.9. The maximum Gasteiger partial charge on any atom is 0.0716 e. The molecule has 0 aromatic heterocycles. The number of nitrogens with two attached hydrogens (primary N) is 1. The van der Waals surface area contributed by atoms with Gasteiger partial charge in [0.15, 0.2) is 0 Å². The van der Waals surface area contributed by atoms with Crippen molar-refractivity contribution in [2.45, 2.75) is 19.6 Å². The third kappa shape index (κ3) is 2.79. The molecule has 0 aliphatic rings. The minimum Gasteiger partial charge on any atom is -0.380 e. The molecule has 13 heavy (non-hydrogen) atoms. The van der Waals surface area contributed by atoms with Gasteiger partial charge in [0.2, 0.25) is 0 Å². The fourth-order valence-corrected chi connectivity index (χ4v) is 1.66.